The van der Waals surface area contributed by atoms with E-state index in [1.807, 2.05) is 0 Å². The Morgan fingerprint density at radius 3 is 2.55 bits per heavy atom. The molecule has 114 valence electrons. The summed E-state index contributed by atoms with van der Waals surface area (Å²) in [6.07, 6.45) is -4.56. The van der Waals surface area contributed by atoms with Crippen LogP contribution in [0.15, 0.2) is 18.2 Å². The lowest BCUT2D eigenvalue weighted by atomic mass is 10.2. The summed E-state index contributed by atoms with van der Waals surface area (Å²) in [7, 11) is 0. The van der Waals surface area contributed by atoms with Crippen molar-refractivity contribution < 1.29 is 27.1 Å². The minimum absolute atomic E-state index is 0. The Hall–Kier alpha value is -1.54. The van der Waals surface area contributed by atoms with Gasteiger partial charge in [-0.2, -0.15) is 13.2 Å². The van der Waals surface area contributed by atoms with Crippen LogP contribution in [0.1, 0.15) is 6.92 Å². The van der Waals surface area contributed by atoms with Gasteiger partial charge < -0.3 is 15.8 Å². The molecule has 0 bridgehead atoms. The zero-order valence-electron chi connectivity index (χ0n) is 10.3. The number of alkyl halides is 3. The monoisotopic (exact) mass is 316 g/mol. The summed E-state index contributed by atoms with van der Waals surface area (Å²) in [5.41, 5.74) is 5.22. The van der Waals surface area contributed by atoms with Crippen molar-refractivity contribution in [3.63, 3.8) is 0 Å². The number of benzene rings is 1. The van der Waals surface area contributed by atoms with Crippen molar-refractivity contribution in [3.05, 3.63) is 24.0 Å². The minimum atomic E-state index is -4.56. The van der Waals surface area contributed by atoms with Gasteiger partial charge in [0.15, 0.2) is 6.61 Å². The second-order valence-electron chi connectivity index (χ2n) is 3.82. The van der Waals surface area contributed by atoms with Gasteiger partial charge in [0.2, 0.25) is 5.91 Å². The summed E-state index contributed by atoms with van der Waals surface area (Å²) in [6, 6.07) is 1.97. The van der Waals surface area contributed by atoms with Crippen LogP contribution in [0.25, 0.3) is 0 Å². The van der Waals surface area contributed by atoms with Crippen LogP contribution in [0.3, 0.4) is 0 Å². The first-order valence-electron chi connectivity index (χ1n) is 5.24. The van der Waals surface area contributed by atoms with Gasteiger partial charge in [0, 0.05) is 6.07 Å². The van der Waals surface area contributed by atoms with Crippen LogP contribution in [-0.4, -0.2) is 24.7 Å². The summed E-state index contributed by atoms with van der Waals surface area (Å²) in [5, 5.41) is 2.25. The number of halogens is 5. The second kappa shape index (κ2) is 7.30. The fourth-order valence-electron chi connectivity index (χ4n) is 1.13. The van der Waals surface area contributed by atoms with Crippen LogP contribution >= 0.6 is 12.4 Å². The van der Waals surface area contributed by atoms with Gasteiger partial charge in [-0.15, -0.1) is 12.4 Å². The predicted octanol–water partition coefficient (Wildman–Crippen LogP) is 2.47. The third kappa shape index (κ3) is 6.07. The summed E-state index contributed by atoms with van der Waals surface area (Å²) in [5.74, 6) is -1.81. The van der Waals surface area contributed by atoms with E-state index in [9.17, 15) is 22.4 Å². The topological polar surface area (TPSA) is 64.4 Å². The van der Waals surface area contributed by atoms with E-state index in [4.69, 9.17) is 5.73 Å². The van der Waals surface area contributed by atoms with Gasteiger partial charge in [-0.1, -0.05) is 0 Å². The first kappa shape index (κ1) is 18.5. The molecule has 9 heteroatoms. The summed E-state index contributed by atoms with van der Waals surface area (Å²) in [4.78, 5) is 11.3. The molecule has 0 aliphatic heterocycles. The van der Waals surface area contributed by atoms with E-state index in [1.54, 1.807) is 0 Å². The molecule has 0 aliphatic carbocycles. The zero-order chi connectivity index (χ0) is 14.6. The van der Waals surface area contributed by atoms with Gasteiger partial charge in [0.25, 0.3) is 0 Å². The lowest BCUT2D eigenvalue weighted by Gasteiger charge is -2.14. The quantitative estimate of drug-likeness (QED) is 0.839. The maximum absolute atomic E-state index is 13.0. The fraction of sp³-hybridized carbons (Fsp3) is 0.364. The van der Waals surface area contributed by atoms with Crippen LogP contribution in [0.4, 0.5) is 23.2 Å². The normalized spacial score (nSPS) is 12.3. The van der Waals surface area contributed by atoms with E-state index in [-0.39, 0.29) is 18.1 Å². The molecule has 20 heavy (non-hydrogen) atoms. The molecule has 1 aromatic rings. The van der Waals surface area contributed by atoms with Crippen molar-refractivity contribution in [2.24, 2.45) is 5.73 Å². The minimum Gasteiger partial charge on any atom is -0.482 e. The summed E-state index contributed by atoms with van der Waals surface area (Å²) >= 11 is 0. The van der Waals surface area contributed by atoms with Crippen LogP contribution in [0.2, 0.25) is 0 Å². The molecule has 1 atom stereocenters. The molecule has 0 aliphatic rings. The molecule has 0 heterocycles. The molecule has 3 N–H and O–H groups in total. The molecule has 0 aromatic heterocycles. The largest absolute Gasteiger partial charge is 0.482 e. The number of hydrogen-bond acceptors (Lipinski definition) is 3. The van der Waals surface area contributed by atoms with Gasteiger partial charge >= 0.3 is 6.18 Å². The maximum atomic E-state index is 13.0. The van der Waals surface area contributed by atoms with Gasteiger partial charge in [-0.25, -0.2) is 4.39 Å². The molecule has 0 saturated carbocycles. The zero-order valence-corrected chi connectivity index (χ0v) is 11.1. The smallest absolute Gasteiger partial charge is 0.422 e. The average molecular weight is 317 g/mol. The van der Waals surface area contributed by atoms with Crippen molar-refractivity contribution in [2.45, 2.75) is 19.1 Å². The van der Waals surface area contributed by atoms with Gasteiger partial charge in [-0.05, 0) is 19.1 Å². The van der Waals surface area contributed by atoms with Crippen LogP contribution in [-0.2, 0) is 4.79 Å². The first-order chi connectivity index (χ1) is 8.69. The standard InChI is InChI=1S/C11H12F4N2O2.ClH/c1-6(16)10(18)17-8-3-2-7(12)4-9(8)19-5-11(13,14)15;/h2-4,6H,5,16H2,1H3,(H,17,18);1H/t6-;/m0./s1. The molecule has 1 rings (SSSR count). The van der Waals surface area contributed by atoms with E-state index >= 15 is 0 Å². The van der Waals surface area contributed by atoms with Crippen LogP contribution in [0.5, 0.6) is 5.75 Å². The van der Waals surface area contributed by atoms with E-state index in [0.717, 1.165) is 18.2 Å². The van der Waals surface area contributed by atoms with Gasteiger partial charge in [0.1, 0.15) is 11.6 Å². The third-order valence-corrected chi connectivity index (χ3v) is 2.01. The highest BCUT2D eigenvalue weighted by Gasteiger charge is 2.29. The maximum Gasteiger partial charge on any atom is 0.422 e. The van der Waals surface area contributed by atoms with E-state index in [2.05, 4.69) is 10.1 Å². The number of nitrogens with one attached hydrogen (secondary N) is 1. The Kier molecular flexibility index (Phi) is 6.74. The number of amides is 1. The Bertz CT molecular complexity index is 466. The van der Waals surface area contributed by atoms with E-state index in [1.165, 1.54) is 6.92 Å². The highest BCUT2D eigenvalue weighted by atomic mass is 35.5. The van der Waals surface area contributed by atoms with Gasteiger partial charge in [0.05, 0.1) is 11.7 Å². The van der Waals surface area contributed by atoms with Crippen molar-refractivity contribution in [1.82, 2.24) is 0 Å². The first-order valence-corrected chi connectivity index (χ1v) is 5.24. The van der Waals surface area contributed by atoms with Crippen molar-refractivity contribution in [3.8, 4) is 5.75 Å². The number of rotatable bonds is 4. The van der Waals surface area contributed by atoms with E-state index in [0.29, 0.717) is 0 Å². The lowest BCUT2D eigenvalue weighted by Crippen LogP contribution is -2.32. The highest BCUT2D eigenvalue weighted by molar-refractivity contribution is 5.95. The Morgan fingerprint density at radius 1 is 1.45 bits per heavy atom. The SMILES string of the molecule is C[C@H](N)C(=O)Nc1ccc(F)cc1OCC(F)(F)F.Cl. The Morgan fingerprint density at radius 2 is 2.05 bits per heavy atom. The van der Waals surface area contributed by atoms with Crippen molar-refractivity contribution >= 4 is 24.0 Å². The summed E-state index contributed by atoms with van der Waals surface area (Å²) < 4.78 is 53.5. The third-order valence-electron chi connectivity index (χ3n) is 2.01. The molecule has 0 unspecified atom stereocenters. The van der Waals surface area contributed by atoms with Crippen molar-refractivity contribution in [1.29, 1.82) is 0 Å². The second-order valence-corrected chi connectivity index (χ2v) is 3.82. The number of nitrogens with two attached hydrogens (primary N) is 1. The number of anilines is 1. The number of carbonyl (C=O) groups excluding carboxylic acids is 1. The molecule has 0 spiro atoms. The fourth-order valence-corrected chi connectivity index (χ4v) is 1.13. The van der Waals surface area contributed by atoms with Gasteiger partial charge in [-0.3, -0.25) is 4.79 Å². The molecule has 0 radical (unpaired) electrons. The van der Waals surface area contributed by atoms with Crippen molar-refractivity contribution in [2.75, 3.05) is 11.9 Å². The molecule has 0 fully saturated rings. The predicted molar refractivity (Wildman–Crippen MR) is 67.5 cm³/mol. The van der Waals surface area contributed by atoms with Crippen LogP contribution in [0, 0.1) is 5.82 Å². The van der Waals surface area contributed by atoms with E-state index < -0.39 is 36.3 Å². The highest BCUT2D eigenvalue weighted by Crippen LogP contribution is 2.27. The Balaban J connectivity index is 0.00000361. The molecular formula is C11H13ClF4N2O2. The number of ether oxygens (including phenoxy) is 1. The number of carbonyl (C=O) groups is 1. The molecule has 1 aromatic carbocycles. The van der Waals surface area contributed by atoms with Crippen LogP contribution < -0.4 is 15.8 Å². The Labute approximate surface area is 118 Å². The molecule has 0 saturated heterocycles. The average Bonchev–Trinajstić information content (AvgIpc) is 2.28. The molecule has 1 amide bonds. The lowest BCUT2D eigenvalue weighted by molar-refractivity contribution is -0.153. The number of hydrogen-bond donors (Lipinski definition) is 2. The summed E-state index contributed by atoms with van der Waals surface area (Å²) in [6.45, 7) is -0.188. The molecular weight excluding hydrogens is 304 g/mol. The molecule has 4 nitrogen and oxygen atoms in total.